The second-order valence-corrected chi connectivity index (χ2v) is 18.0. The quantitative estimate of drug-likeness (QED) is 0.131. The molecule has 12 nitrogen and oxygen atoms in total. The fourth-order valence-corrected chi connectivity index (χ4v) is 8.64. The van der Waals surface area contributed by atoms with E-state index in [1.165, 1.54) is 72.8 Å². The Morgan fingerprint density at radius 2 is 0.796 bits per heavy atom. The lowest BCUT2D eigenvalue weighted by Gasteiger charge is -2.35. The Morgan fingerprint density at radius 1 is 0.490 bits per heavy atom. The number of rotatable bonds is 14. The minimum absolute atomic E-state index is 0.137. The van der Waals surface area contributed by atoms with Crippen molar-refractivity contribution >= 4 is 40.5 Å². The minimum atomic E-state index is -5.13. The van der Waals surface area contributed by atoms with Gasteiger partial charge in [-0.1, -0.05) is 70.8 Å². The second-order valence-electron chi connectivity index (χ2n) is 12.0. The summed E-state index contributed by atoms with van der Waals surface area (Å²) in [6, 6.07) is 18.8. The molecule has 49 heavy (non-hydrogen) atoms. The molecule has 0 saturated carbocycles. The van der Waals surface area contributed by atoms with Gasteiger partial charge in [0.25, 0.3) is 20.2 Å². The highest BCUT2D eigenvalue weighted by Gasteiger charge is 2.38. The van der Waals surface area contributed by atoms with E-state index in [0.717, 1.165) is 23.3 Å². The highest BCUT2D eigenvalue weighted by atomic mass is 32.2. The summed E-state index contributed by atoms with van der Waals surface area (Å²) in [5.41, 5.74) is 0.283. The maximum Gasteiger partial charge on any atom is 0.296 e. The van der Waals surface area contributed by atoms with Crippen molar-refractivity contribution in [3.63, 3.8) is 0 Å². The monoisotopic (exact) mass is 750 g/mol. The molecule has 264 valence electrons. The SMILES string of the molecule is Cc1ccc(S(=O)(=O)OCC(COS(=O)(=O)c2ccc(C)cc2)(Cc2cc(C)ccc2S(=O)(=O)[O-])Cc2cc(C)ccc2S(=O)(=O)[O-])cc1. The number of hydrogen-bond acceptors (Lipinski definition) is 12. The van der Waals surface area contributed by atoms with Crippen LogP contribution in [0.4, 0.5) is 0 Å². The molecule has 0 aliphatic heterocycles. The molecule has 0 amide bonds. The van der Waals surface area contributed by atoms with Gasteiger partial charge < -0.3 is 9.11 Å². The molecule has 0 aromatic heterocycles. The van der Waals surface area contributed by atoms with Crippen LogP contribution in [0.25, 0.3) is 0 Å². The standard InChI is InChI=1S/C33H36O12S4/c1-23-5-11-29(12-6-23)48(40,41)44-21-33(19-27-17-25(3)9-15-31(27)46(34,35)36,20-28-18-26(4)10-16-32(28)47(37,38)39)22-45-49(42,43)30-13-7-24(2)8-14-30/h5-18H,19-22H2,1-4H3,(H,34,35,36)(H,37,38,39)/p-2. The molecule has 16 heteroatoms. The highest BCUT2D eigenvalue weighted by Crippen LogP contribution is 2.36. The van der Waals surface area contributed by atoms with Gasteiger partial charge in [-0.3, -0.25) is 8.37 Å². The molecule has 0 aliphatic rings. The molecule has 0 saturated heterocycles. The van der Waals surface area contributed by atoms with Crippen LogP contribution < -0.4 is 0 Å². The van der Waals surface area contributed by atoms with E-state index < -0.39 is 81.7 Å². The van der Waals surface area contributed by atoms with Crippen LogP contribution >= 0.6 is 0 Å². The zero-order chi connectivity index (χ0) is 36.4. The average Bonchev–Trinajstić information content (AvgIpc) is 2.98. The van der Waals surface area contributed by atoms with Crippen molar-refractivity contribution in [3.05, 3.63) is 118 Å². The Morgan fingerprint density at radius 3 is 1.10 bits per heavy atom. The van der Waals surface area contributed by atoms with E-state index >= 15 is 0 Å². The Balaban J connectivity index is 1.95. The summed E-state index contributed by atoms with van der Waals surface area (Å²) in [6.07, 6.45) is -1.13. The lowest BCUT2D eigenvalue weighted by molar-refractivity contribution is 0.0828. The third-order valence-corrected chi connectivity index (χ3v) is 12.2. The number of hydrogen-bond donors (Lipinski definition) is 0. The van der Waals surface area contributed by atoms with Crippen molar-refractivity contribution in [2.75, 3.05) is 13.2 Å². The van der Waals surface area contributed by atoms with Crippen LogP contribution in [0, 0.1) is 33.1 Å². The van der Waals surface area contributed by atoms with Gasteiger partial charge in [0, 0.05) is 5.41 Å². The highest BCUT2D eigenvalue weighted by molar-refractivity contribution is 7.87. The van der Waals surface area contributed by atoms with Crippen molar-refractivity contribution in [3.8, 4) is 0 Å². The van der Waals surface area contributed by atoms with Gasteiger partial charge in [0.1, 0.15) is 20.2 Å². The summed E-state index contributed by atoms with van der Waals surface area (Å²) >= 11 is 0. The van der Waals surface area contributed by atoms with Gasteiger partial charge in [-0.15, -0.1) is 0 Å². The van der Waals surface area contributed by atoms with Crippen LogP contribution in [0.2, 0.25) is 0 Å². The molecule has 0 unspecified atom stereocenters. The molecule has 0 bridgehead atoms. The predicted molar refractivity (Wildman–Crippen MR) is 177 cm³/mol. The van der Waals surface area contributed by atoms with Gasteiger partial charge in [0.15, 0.2) is 0 Å². The van der Waals surface area contributed by atoms with E-state index in [9.17, 15) is 42.8 Å². The average molecular weight is 751 g/mol. The first-order valence-corrected chi connectivity index (χ1v) is 20.3. The van der Waals surface area contributed by atoms with Crippen molar-refractivity contribution in [1.29, 1.82) is 0 Å². The number of benzene rings is 4. The molecule has 4 aromatic carbocycles. The van der Waals surface area contributed by atoms with Crippen molar-refractivity contribution < 1.29 is 51.1 Å². The maximum absolute atomic E-state index is 13.4. The minimum Gasteiger partial charge on any atom is -0.744 e. The van der Waals surface area contributed by atoms with Gasteiger partial charge in [-0.25, -0.2) is 16.8 Å². The van der Waals surface area contributed by atoms with Crippen LogP contribution in [0.3, 0.4) is 0 Å². The Kier molecular flexibility index (Phi) is 11.3. The molecule has 0 N–H and O–H groups in total. The van der Waals surface area contributed by atoms with Crippen molar-refractivity contribution in [1.82, 2.24) is 0 Å². The Bertz CT molecular complexity index is 2120. The molecule has 0 spiro atoms. The molecule has 0 radical (unpaired) electrons. The second kappa shape index (κ2) is 14.4. The van der Waals surface area contributed by atoms with Crippen LogP contribution in [-0.4, -0.2) is 56.0 Å². The van der Waals surface area contributed by atoms with Gasteiger partial charge in [-0.05, 0) is 88.1 Å². The third-order valence-electron chi connectivity index (χ3n) is 7.76. The summed E-state index contributed by atoms with van der Waals surface area (Å²) in [7, 11) is -19.4. The molecular formula is C33H34O12S4-2. The molecular weight excluding hydrogens is 717 g/mol. The molecule has 0 atom stereocenters. The predicted octanol–water partition coefficient (Wildman–Crippen LogP) is 4.31. The van der Waals surface area contributed by atoms with E-state index in [2.05, 4.69) is 0 Å². The van der Waals surface area contributed by atoms with Crippen molar-refractivity contribution in [2.24, 2.45) is 5.41 Å². The molecule has 0 fully saturated rings. The number of aryl methyl sites for hydroxylation is 4. The lowest BCUT2D eigenvalue weighted by Crippen LogP contribution is -2.39. The van der Waals surface area contributed by atoms with Crippen molar-refractivity contribution in [2.45, 2.75) is 60.1 Å². The van der Waals surface area contributed by atoms with Gasteiger partial charge in [-0.2, -0.15) is 16.8 Å². The van der Waals surface area contributed by atoms with Gasteiger partial charge >= 0.3 is 0 Å². The maximum atomic E-state index is 13.4. The van der Waals surface area contributed by atoms with Gasteiger partial charge in [0.05, 0.1) is 32.8 Å². The fraction of sp³-hybridized carbons (Fsp3) is 0.273. The smallest absolute Gasteiger partial charge is 0.296 e. The first-order chi connectivity index (χ1) is 22.6. The van der Waals surface area contributed by atoms with Crippen LogP contribution in [0.5, 0.6) is 0 Å². The summed E-state index contributed by atoms with van der Waals surface area (Å²) in [4.78, 5) is -1.86. The zero-order valence-corrected chi connectivity index (χ0v) is 30.2. The molecule has 0 aliphatic carbocycles. The van der Waals surface area contributed by atoms with Crippen LogP contribution in [0.1, 0.15) is 33.4 Å². The molecule has 4 aromatic rings. The zero-order valence-electron chi connectivity index (χ0n) is 26.9. The van der Waals surface area contributed by atoms with Gasteiger partial charge in [0.2, 0.25) is 0 Å². The third kappa shape index (κ3) is 9.82. The van der Waals surface area contributed by atoms with E-state index in [0.29, 0.717) is 11.1 Å². The summed E-state index contributed by atoms with van der Waals surface area (Å²) in [5, 5.41) is 0. The van der Waals surface area contributed by atoms with Crippen LogP contribution in [-0.2, 0) is 61.7 Å². The first-order valence-electron chi connectivity index (χ1n) is 14.6. The first kappa shape index (κ1) is 38.3. The van der Waals surface area contributed by atoms with E-state index in [-0.39, 0.29) is 20.9 Å². The molecule has 4 rings (SSSR count). The summed E-state index contributed by atoms with van der Waals surface area (Å²) in [6.45, 7) is 4.89. The largest absolute Gasteiger partial charge is 0.744 e. The Hall–Kier alpha value is -3.48. The summed E-state index contributed by atoms with van der Waals surface area (Å²) in [5.74, 6) is 0. The van der Waals surface area contributed by atoms with E-state index in [1.54, 1.807) is 27.7 Å². The lowest BCUT2D eigenvalue weighted by atomic mass is 9.77. The van der Waals surface area contributed by atoms with Crippen LogP contribution in [0.15, 0.2) is 105 Å². The summed E-state index contributed by atoms with van der Waals surface area (Å²) < 4.78 is 139. The van der Waals surface area contributed by atoms with E-state index in [1.807, 2.05) is 0 Å². The van der Waals surface area contributed by atoms with E-state index in [4.69, 9.17) is 8.37 Å². The molecule has 0 heterocycles. The topological polar surface area (TPSA) is 201 Å². The normalized spacial score (nSPS) is 13.0. The fourth-order valence-electron chi connectivity index (χ4n) is 5.25. The Labute approximate surface area is 287 Å².